The molecule has 198 valence electrons. The van der Waals surface area contributed by atoms with Gasteiger partial charge in [0.05, 0.1) is 5.39 Å². The van der Waals surface area contributed by atoms with Crippen molar-refractivity contribution < 1.29 is 31.9 Å². The van der Waals surface area contributed by atoms with Crippen LogP contribution in [0.15, 0.2) is 69.9 Å². The zero-order valence-electron chi connectivity index (χ0n) is 21.2. The van der Waals surface area contributed by atoms with E-state index in [1.807, 2.05) is 26.0 Å². The van der Waals surface area contributed by atoms with Gasteiger partial charge in [0.2, 0.25) is 11.2 Å². The molecular weight excluding hydrogens is 499 g/mol. The number of alkyl halides is 3. The van der Waals surface area contributed by atoms with Crippen LogP contribution in [-0.4, -0.2) is 12.5 Å². The average Bonchev–Trinajstić information content (AvgIpc) is 2.86. The molecule has 9 heteroatoms. The fourth-order valence-corrected chi connectivity index (χ4v) is 3.90. The van der Waals surface area contributed by atoms with Crippen LogP contribution in [0.4, 0.5) is 18.9 Å². The van der Waals surface area contributed by atoms with Crippen LogP contribution in [0.2, 0.25) is 0 Å². The Kier molecular flexibility index (Phi) is 7.48. The molecular formula is C29H26F3NO5. The van der Waals surface area contributed by atoms with Crippen molar-refractivity contribution in [3.63, 3.8) is 0 Å². The Balaban J connectivity index is 1.61. The van der Waals surface area contributed by atoms with E-state index in [0.717, 1.165) is 17.2 Å². The Bertz CT molecular complexity index is 1560. The van der Waals surface area contributed by atoms with Crippen molar-refractivity contribution in [1.82, 2.24) is 0 Å². The zero-order chi connectivity index (χ0) is 27.6. The second-order valence-electron chi connectivity index (χ2n) is 9.19. The van der Waals surface area contributed by atoms with E-state index in [0.29, 0.717) is 11.3 Å². The molecule has 0 fully saturated rings. The first kappa shape index (κ1) is 26.8. The van der Waals surface area contributed by atoms with Gasteiger partial charge < -0.3 is 19.2 Å². The molecule has 0 saturated heterocycles. The molecule has 0 saturated carbocycles. The Morgan fingerprint density at radius 2 is 1.76 bits per heavy atom. The quantitative estimate of drug-likeness (QED) is 0.273. The lowest BCUT2D eigenvalue weighted by molar-refractivity contribution is -0.154. The molecule has 6 nitrogen and oxygen atoms in total. The number of ether oxygens (including phenoxy) is 2. The highest BCUT2D eigenvalue weighted by Crippen LogP contribution is 2.39. The van der Waals surface area contributed by atoms with Gasteiger partial charge in [0.25, 0.3) is 11.7 Å². The average molecular weight is 526 g/mol. The summed E-state index contributed by atoms with van der Waals surface area (Å²) in [5.74, 6) is -2.60. The molecule has 0 aliphatic heterocycles. The molecule has 1 N–H and O–H groups in total. The Hall–Kier alpha value is -4.27. The number of hydrogen-bond acceptors (Lipinski definition) is 5. The minimum atomic E-state index is -5.00. The zero-order valence-corrected chi connectivity index (χ0v) is 21.2. The van der Waals surface area contributed by atoms with E-state index >= 15 is 0 Å². The van der Waals surface area contributed by atoms with Crippen LogP contribution in [0.25, 0.3) is 11.0 Å². The Labute approximate surface area is 217 Å². The molecule has 0 aliphatic rings. The normalized spacial score (nSPS) is 11.6. The lowest BCUT2D eigenvalue weighted by atomic mass is 10.0. The number of carbonyl (C=O) groups excluding carboxylic acids is 1. The number of nitrogens with one attached hydrogen (secondary N) is 1. The van der Waals surface area contributed by atoms with Crippen molar-refractivity contribution in [1.29, 1.82) is 0 Å². The second-order valence-corrected chi connectivity index (χ2v) is 9.19. The standard InChI is InChI=1S/C29H26F3NO5/c1-16(2)20-7-5-6-8-22(20)33-25(34)15-36-19-11-12-21-24(14-19)38-28(29(30,31)32)27(26(21)35)37-23-13-17(3)9-10-18(23)4/h5-14,16H,15H2,1-4H3,(H,33,34). The number of halogens is 3. The highest BCUT2D eigenvalue weighted by atomic mass is 19.4. The first-order chi connectivity index (χ1) is 17.9. The van der Waals surface area contributed by atoms with Crippen molar-refractivity contribution in [2.24, 2.45) is 0 Å². The summed E-state index contributed by atoms with van der Waals surface area (Å²) < 4.78 is 57.8. The van der Waals surface area contributed by atoms with Gasteiger partial charge in [-0.2, -0.15) is 13.2 Å². The fourth-order valence-electron chi connectivity index (χ4n) is 3.90. The maximum absolute atomic E-state index is 13.9. The summed E-state index contributed by atoms with van der Waals surface area (Å²) in [6.45, 7) is 7.01. The van der Waals surface area contributed by atoms with Crippen LogP contribution in [0.5, 0.6) is 17.2 Å². The molecule has 0 spiro atoms. The second kappa shape index (κ2) is 10.6. The maximum atomic E-state index is 13.9. The van der Waals surface area contributed by atoms with Crippen LogP contribution in [0.1, 0.15) is 42.2 Å². The molecule has 38 heavy (non-hydrogen) atoms. The SMILES string of the molecule is Cc1ccc(C)c(Oc2c(C(F)(F)F)oc3cc(OCC(=O)Nc4ccccc4C(C)C)ccc3c2=O)c1. The summed E-state index contributed by atoms with van der Waals surface area (Å²) in [5.41, 5.74) is 1.58. The lowest BCUT2D eigenvalue weighted by Gasteiger charge is -2.15. The summed E-state index contributed by atoms with van der Waals surface area (Å²) in [4.78, 5) is 25.5. The number of hydrogen-bond donors (Lipinski definition) is 1. The molecule has 1 aromatic heterocycles. The van der Waals surface area contributed by atoms with E-state index < -0.39 is 35.6 Å². The summed E-state index contributed by atoms with van der Waals surface area (Å²) in [7, 11) is 0. The first-order valence-corrected chi connectivity index (χ1v) is 11.9. The third-order valence-electron chi connectivity index (χ3n) is 5.86. The van der Waals surface area contributed by atoms with Crippen LogP contribution in [0.3, 0.4) is 0 Å². The molecule has 0 radical (unpaired) electrons. The van der Waals surface area contributed by atoms with Gasteiger partial charge in [0, 0.05) is 11.8 Å². The number of fused-ring (bicyclic) bond motifs is 1. The van der Waals surface area contributed by atoms with Gasteiger partial charge in [0.1, 0.15) is 17.1 Å². The summed E-state index contributed by atoms with van der Waals surface area (Å²) >= 11 is 0. The topological polar surface area (TPSA) is 77.8 Å². The summed E-state index contributed by atoms with van der Waals surface area (Å²) in [6, 6.07) is 16.1. The molecule has 1 amide bonds. The van der Waals surface area contributed by atoms with Gasteiger partial charge in [-0.15, -0.1) is 0 Å². The number of anilines is 1. The van der Waals surface area contributed by atoms with Crippen molar-refractivity contribution >= 4 is 22.6 Å². The molecule has 0 unspecified atom stereocenters. The minimum absolute atomic E-state index is 0.0595. The van der Waals surface area contributed by atoms with Gasteiger partial charge in [-0.3, -0.25) is 9.59 Å². The van der Waals surface area contributed by atoms with Crippen molar-refractivity contribution in [3.05, 3.63) is 93.3 Å². The predicted octanol–water partition coefficient (Wildman–Crippen LogP) is 7.36. The molecule has 0 aliphatic carbocycles. The highest BCUT2D eigenvalue weighted by molar-refractivity contribution is 5.92. The van der Waals surface area contributed by atoms with E-state index in [4.69, 9.17) is 13.9 Å². The summed E-state index contributed by atoms with van der Waals surface area (Å²) in [6.07, 6.45) is -5.00. The lowest BCUT2D eigenvalue weighted by Crippen LogP contribution is -2.21. The van der Waals surface area contributed by atoms with Crippen LogP contribution >= 0.6 is 0 Å². The van der Waals surface area contributed by atoms with Crippen molar-refractivity contribution in [2.75, 3.05) is 11.9 Å². The predicted molar refractivity (Wildman–Crippen MR) is 138 cm³/mol. The van der Waals surface area contributed by atoms with Gasteiger partial charge >= 0.3 is 6.18 Å². The van der Waals surface area contributed by atoms with Crippen LogP contribution in [-0.2, 0) is 11.0 Å². The maximum Gasteiger partial charge on any atom is 0.453 e. The molecule has 0 atom stereocenters. The first-order valence-electron chi connectivity index (χ1n) is 11.9. The van der Waals surface area contributed by atoms with Crippen LogP contribution < -0.4 is 20.2 Å². The monoisotopic (exact) mass is 525 g/mol. The Morgan fingerprint density at radius 3 is 2.47 bits per heavy atom. The van der Waals surface area contributed by atoms with E-state index in [1.54, 1.807) is 44.2 Å². The summed E-state index contributed by atoms with van der Waals surface area (Å²) in [5, 5.41) is 2.65. The van der Waals surface area contributed by atoms with Gasteiger partial charge in [-0.1, -0.05) is 44.2 Å². The molecule has 3 aromatic carbocycles. The number of para-hydroxylation sites is 1. The largest absolute Gasteiger partial charge is 0.484 e. The van der Waals surface area contributed by atoms with E-state index in [9.17, 15) is 22.8 Å². The third-order valence-corrected chi connectivity index (χ3v) is 5.86. The van der Waals surface area contributed by atoms with E-state index in [2.05, 4.69) is 5.32 Å². The number of amides is 1. The smallest absolute Gasteiger partial charge is 0.453 e. The van der Waals surface area contributed by atoms with Crippen molar-refractivity contribution in [3.8, 4) is 17.2 Å². The van der Waals surface area contributed by atoms with Crippen molar-refractivity contribution in [2.45, 2.75) is 39.8 Å². The van der Waals surface area contributed by atoms with E-state index in [1.165, 1.54) is 12.1 Å². The van der Waals surface area contributed by atoms with Gasteiger partial charge in [-0.05, 0) is 60.7 Å². The van der Waals surface area contributed by atoms with Gasteiger partial charge in [-0.25, -0.2) is 0 Å². The minimum Gasteiger partial charge on any atom is -0.484 e. The number of benzene rings is 3. The highest BCUT2D eigenvalue weighted by Gasteiger charge is 2.40. The number of aryl methyl sites for hydroxylation is 2. The third kappa shape index (κ3) is 5.82. The van der Waals surface area contributed by atoms with Gasteiger partial charge in [0.15, 0.2) is 6.61 Å². The molecule has 0 bridgehead atoms. The molecule has 4 aromatic rings. The fraction of sp³-hybridized carbons (Fsp3) is 0.241. The van der Waals surface area contributed by atoms with E-state index in [-0.39, 0.29) is 28.4 Å². The van der Waals surface area contributed by atoms with Crippen LogP contribution in [0, 0.1) is 13.8 Å². The number of carbonyl (C=O) groups is 1. The molecule has 4 rings (SSSR count). The molecule has 1 heterocycles. The Morgan fingerprint density at radius 1 is 1.03 bits per heavy atom. The number of rotatable bonds is 7.